The summed E-state index contributed by atoms with van der Waals surface area (Å²) in [4.78, 5) is 7.35. The fourth-order valence-electron chi connectivity index (χ4n) is 1.56. The van der Waals surface area contributed by atoms with Gasteiger partial charge in [0.1, 0.15) is 24.0 Å². The lowest BCUT2D eigenvalue weighted by Crippen LogP contribution is -2.14. The fourth-order valence-corrected chi connectivity index (χ4v) is 2.48. The van der Waals surface area contributed by atoms with Crippen LogP contribution in [0.4, 0.5) is 15.9 Å². The predicted molar refractivity (Wildman–Crippen MR) is 73.0 cm³/mol. The van der Waals surface area contributed by atoms with Gasteiger partial charge < -0.3 is 5.32 Å². The second kappa shape index (κ2) is 5.70. The molecular formula is C11H10ClFN4O2S. The van der Waals surface area contributed by atoms with E-state index in [0.29, 0.717) is 11.5 Å². The van der Waals surface area contributed by atoms with Crippen molar-refractivity contribution in [2.24, 2.45) is 5.14 Å². The van der Waals surface area contributed by atoms with Gasteiger partial charge in [0.15, 0.2) is 0 Å². The van der Waals surface area contributed by atoms with E-state index in [-0.39, 0.29) is 15.6 Å². The van der Waals surface area contributed by atoms with E-state index < -0.39 is 16.7 Å². The normalized spacial score (nSPS) is 11.3. The monoisotopic (exact) mass is 316 g/mol. The van der Waals surface area contributed by atoms with Gasteiger partial charge in [-0.2, -0.15) is 0 Å². The van der Waals surface area contributed by atoms with Crippen LogP contribution < -0.4 is 10.5 Å². The van der Waals surface area contributed by atoms with E-state index in [1.165, 1.54) is 30.6 Å². The van der Waals surface area contributed by atoms with Crippen LogP contribution in [0, 0.1) is 0 Å². The van der Waals surface area contributed by atoms with Crippen LogP contribution in [0.3, 0.4) is 0 Å². The average molecular weight is 317 g/mol. The molecule has 0 aliphatic heterocycles. The van der Waals surface area contributed by atoms with Gasteiger partial charge in [-0.3, -0.25) is 0 Å². The number of aromatic nitrogens is 2. The van der Waals surface area contributed by atoms with Gasteiger partial charge in [-0.25, -0.2) is 27.9 Å². The van der Waals surface area contributed by atoms with Crippen molar-refractivity contribution in [1.29, 1.82) is 0 Å². The molecule has 0 saturated heterocycles. The first kappa shape index (κ1) is 14.6. The van der Waals surface area contributed by atoms with Crippen LogP contribution >= 0.6 is 11.6 Å². The summed E-state index contributed by atoms with van der Waals surface area (Å²) in [6.07, 6.45) is 1.25. The van der Waals surface area contributed by atoms with Gasteiger partial charge in [0.2, 0.25) is 10.0 Å². The van der Waals surface area contributed by atoms with E-state index in [4.69, 9.17) is 16.7 Å². The molecule has 3 N–H and O–H groups in total. The minimum atomic E-state index is -4.01. The van der Waals surface area contributed by atoms with E-state index in [1.54, 1.807) is 0 Å². The Morgan fingerprint density at radius 3 is 2.65 bits per heavy atom. The third-order valence-electron chi connectivity index (χ3n) is 2.42. The van der Waals surface area contributed by atoms with Gasteiger partial charge in [0, 0.05) is 17.3 Å². The summed E-state index contributed by atoms with van der Waals surface area (Å²) in [5, 5.41) is 8.11. The highest BCUT2D eigenvalue weighted by Gasteiger charge is 2.15. The molecule has 0 radical (unpaired) electrons. The highest BCUT2D eigenvalue weighted by molar-refractivity contribution is 7.89. The van der Waals surface area contributed by atoms with Crippen molar-refractivity contribution in [1.82, 2.24) is 9.97 Å². The molecule has 20 heavy (non-hydrogen) atoms. The molecule has 9 heteroatoms. The topological polar surface area (TPSA) is 98.0 Å². The number of alkyl halides is 1. The van der Waals surface area contributed by atoms with Gasteiger partial charge in [-0.15, -0.1) is 0 Å². The number of benzene rings is 1. The van der Waals surface area contributed by atoms with E-state index in [9.17, 15) is 12.8 Å². The quantitative estimate of drug-likeness (QED) is 0.841. The van der Waals surface area contributed by atoms with Gasteiger partial charge in [0.05, 0.1) is 4.90 Å². The van der Waals surface area contributed by atoms with Crippen LogP contribution in [-0.4, -0.2) is 18.4 Å². The number of nitrogens with two attached hydrogens (primary N) is 1. The average Bonchev–Trinajstić information content (AvgIpc) is 2.37. The third kappa shape index (κ3) is 3.41. The number of primary sulfonamides is 1. The molecule has 0 unspecified atom stereocenters. The van der Waals surface area contributed by atoms with Crippen molar-refractivity contribution in [3.8, 4) is 0 Å². The van der Waals surface area contributed by atoms with Crippen LogP contribution in [0.5, 0.6) is 0 Å². The lowest BCUT2D eigenvalue weighted by atomic mass is 10.2. The molecule has 2 aromatic rings. The first-order valence-electron chi connectivity index (χ1n) is 5.36. The number of nitrogens with zero attached hydrogens (tertiary/aromatic N) is 2. The Morgan fingerprint density at radius 1 is 1.30 bits per heavy atom. The first-order chi connectivity index (χ1) is 9.40. The van der Waals surface area contributed by atoms with Crippen molar-refractivity contribution >= 4 is 33.1 Å². The SMILES string of the molecule is NS(=O)(=O)c1cc(Nc2cc(Cl)ncn2)ccc1CF. The maximum Gasteiger partial charge on any atom is 0.238 e. The van der Waals surface area contributed by atoms with Gasteiger partial charge in [-0.1, -0.05) is 17.7 Å². The Bertz CT molecular complexity index is 739. The zero-order valence-electron chi connectivity index (χ0n) is 10.0. The summed E-state index contributed by atoms with van der Waals surface area (Å²) in [6.45, 7) is -0.925. The van der Waals surface area contributed by atoms with Crippen molar-refractivity contribution in [3.63, 3.8) is 0 Å². The summed E-state index contributed by atoms with van der Waals surface area (Å²) in [5.74, 6) is 0.373. The molecule has 1 aromatic heterocycles. The summed E-state index contributed by atoms with van der Waals surface area (Å²) in [5.41, 5.74) is 0.389. The number of hydrogen-bond donors (Lipinski definition) is 2. The molecule has 1 heterocycles. The highest BCUT2D eigenvalue weighted by Crippen LogP contribution is 2.23. The third-order valence-corrected chi connectivity index (χ3v) is 3.62. The number of sulfonamides is 1. The van der Waals surface area contributed by atoms with Crippen LogP contribution in [0.1, 0.15) is 5.56 Å². The molecule has 0 aliphatic carbocycles. The molecule has 0 amide bonds. The molecule has 0 bridgehead atoms. The molecule has 0 spiro atoms. The number of halogens is 2. The Kier molecular flexibility index (Phi) is 4.17. The largest absolute Gasteiger partial charge is 0.340 e. The summed E-state index contributed by atoms with van der Waals surface area (Å²) < 4.78 is 35.6. The van der Waals surface area contributed by atoms with E-state index >= 15 is 0 Å². The second-order valence-corrected chi connectivity index (χ2v) is 5.77. The Balaban J connectivity index is 2.39. The van der Waals surface area contributed by atoms with Crippen LogP contribution in [0.15, 0.2) is 35.5 Å². The minimum absolute atomic E-state index is 0.00114. The maximum atomic E-state index is 12.7. The molecule has 106 valence electrons. The lowest BCUT2D eigenvalue weighted by molar-refractivity contribution is 0.478. The van der Waals surface area contributed by atoms with Gasteiger partial charge >= 0.3 is 0 Å². The van der Waals surface area contributed by atoms with Crippen molar-refractivity contribution < 1.29 is 12.8 Å². The Hall–Kier alpha value is -1.77. The zero-order valence-corrected chi connectivity index (χ0v) is 11.6. The Labute approximate surface area is 119 Å². The number of rotatable bonds is 4. The standard InChI is InChI=1S/C11H10ClFN4O2S/c12-10-4-11(16-6-15-10)17-8-2-1-7(5-13)9(3-8)20(14,18)19/h1-4,6H,5H2,(H2,14,18,19)(H,15,16,17). The molecule has 6 nitrogen and oxygen atoms in total. The maximum absolute atomic E-state index is 12.7. The summed E-state index contributed by atoms with van der Waals surface area (Å²) in [6, 6.07) is 5.55. The zero-order chi connectivity index (χ0) is 14.8. The van der Waals surface area contributed by atoms with E-state index in [0.717, 1.165) is 0 Å². The molecule has 0 saturated carbocycles. The van der Waals surface area contributed by atoms with E-state index in [1.807, 2.05) is 0 Å². The van der Waals surface area contributed by atoms with Gasteiger partial charge in [0.25, 0.3) is 0 Å². The second-order valence-electron chi connectivity index (χ2n) is 3.85. The van der Waals surface area contributed by atoms with Crippen molar-refractivity contribution in [2.75, 3.05) is 5.32 Å². The number of hydrogen-bond acceptors (Lipinski definition) is 5. The van der Waals surface area contributed by atoms with Crippen LogP contribution in [0.25, 0.3) is 0 Å². The van der Waals surface area contributed by atoms with E-state index in [2.05, 4.69) is 15.3 Å². The van der Waals surface area contributed by atoms with Gasteiger partial charge in [-0.05, 0) is 12.1 Å². The smallest absolute Gasteiger partial charge is 0.238 e. The molecule has 0 fully saturated rings. The molecule has 1 aromatic carbocycles. The molecule has 2 rings (SSSR count). The van der Waals surface area contributed by atoms with Crippen molar-refractivity contribution in [2.45, 2.75) is 11.6 Å². The van der Waals surface area contributed by atoms with Crippen molar-refractivity contribution in [3.05, 3.63) is 41.3 Å². The predicted octanol–water partition coefficient (Wildman–Crippen LogP) is 1.99. The summed E-state index contributed by atoms with van der Waals surface area (Å²) >= 11 is 5.71. The summed E-state index contributed by atoms with van der Waals surface area (Å²) in [7, 11) is -4.01. The lowest BCUT2D eigenvalue weighted by Gasteiger charge is -2.09. The number of nitrogens with one attached hydrogen (secondary N) is 1. The first-order valence-corrected chi connectivity index (χ1v) is 7.29. The highest BCUT2D eigenvalue weighted by atomic mass is 35.5. The molecular weight excluding hydrogens is 307 g/mol. The number of anilines is 2. The Morgan fingerprint density at radius 2 is 2.05 bits per heavy atom. The van der Waals surface area contributed by atoms with Crippen LogP contribution in [-0.2, 0) is 16.7 Å². The molecule has 0 aliphatic rings. The minimum Gasteiger partial charge on any atom is -0.340 e. The molecule has 0 atom stereocenters. The van der Waals surface area contributed by atoms with Crippen LogP contribution in [0.2, 0.25) is 5.15 Å². The fraction of sp³-hybridized carbons (Fsp3) is 0.0909.